The number of imidazole rings is 1. The maximum absolute atomic E-state index is 11.7. The number of nitrogens with zero attached hydrogens (tertiary/aromatic N) is 3. The van der Waals surface area contributed by atoms with Crippen LogP contribution in [0.25, 0.3) is 0 Å². The highest BCUT2D eigenvalue weighted by molar-refractivity contribution is 7.91. The van der Waals surface area contributed by atoms with E-state index in [2.05, 4.69) is 35.2 Å². The lowest BCUT2D eigenvalue weighted by Crippen LogP contribution is -2.34. The molecule has 0 spiro atoms. The molecule has 5 nitrogen and oxygen atoms in total. The van der Waals surface area contributed by atoms with Gasteiger partial charge in [-0.15, -0.1) is 0 Å². The SMILES string of the molecule is CC1CCS(=O)(=O)CCN1Cc1cncn1C(C)C. The summed E-state index contributed by atoms with van der Waals surface area (Å²) in [5.41, 5.74) is 1.15. The zero-order valence-electron chi connectivity index (χ0n) is 11.9. The molecule has 1 saturated heterocycles. The summed E-state index contributed by atoms with van der Waals surface area (Å²) in [4.78, 5) is 6.45. The molecule has 1 atom stereocenters. The topological polar surface area (TPSA) is 55.2 Å². The summed E-state index contributed by atoms with van der Waals surface area (Å²) >= 11 is 0. The van der Waals surface area contributed by atoms with E-state index < -0.39 is 9.84 Å². The lowest BCUT2D eigenvalue weighted by molar-refractivity contribution is 0.206. The minimum Gasteiger partial charge on any atom is -0.331 e. The monoisotopic (exact) mass is 285 g/mol. The van der Waals surface area contributed by atoms with Crippen molar-refractivity contribution in [1.82, 2.24) is 14.5 Å². The summed E-state index contributed by atoms with van der Waals surface area (Å²) in [5, 5.41) is 0. The Bertz CT molecular complexity index is 522. The van der Waals surface area contributed by atoms with E-state index in [1.807, 2.05) is 12.5 Å². The summed E-state index contributed by atoms with van der Waals surface area (Å²) < 4.78 is 25.5. The average Bonchev–Trinajstić information content (AvgIpc) is 2.75. The molecule has 0 bridgehead atoms. The maximum atomic E-state index is 11.7. The van der Waals surface area contributed by atoms with Crippen molar-refractivity contribution in [2.24, 2.45) is 0 Å². The van der Waals surface area contributed by atoms with Gasteiger partial charge in [-0.1, -0.05) is 0 Å². The van der Waals surface area contributed by atoms with Gasteiger partial charge in [-0.05, 0) is 27.2 Å². The Morgan fingerprint density at radius 3 is 2.84 bits per heavy atom. The molecule has 0 amide bonds. The van der Waals surface area contributed by atoms with Crippen LogP contribution in [0.4, 0.5) is 0 Å². The van der Waals surface area contributed by atoms with E-state index in [4.69, 9.17) is 0 Å². The van der Waals surface area contributed by atoms with Gasteiger partial charge in [0.1, 0.15) is 0 Å². The van der Waals surface area contributed by atoms with Gasteiger partial charge < -0.3 is 4.57 Å². The van der Waals surface area contributed by atoms with Gasteiger partial charge in [-0.2, -0.15) is 0 Å². The minimum atomic E-state index is -2.85. The van der Waals surface area contributed by atoms with Crippen molar-refractivity contribution in [2.45, 2.75) is 45.8 Å². The van der Waals surface area contributed by atoms with Gasteiger partial charge in [0, 0.05) is 31.4 Å². The highest BCUT2D eigenvalue weighted by Gasteiger charge is 2.25. The predicted molar refractivity (Wildman–Crippen MR) is 75.8 cm³/mol. The lowest BCUT2D eigenvalue weighted by atomic mass is 10.2. The zero-order valence-corrected chi connectivity index (χ0v) is 12.7. The van der Waals surface area contributed by atoms with E-state index in [0.717, 1.165) is 18.7 Å². The Morgan fingerprint density at radius 2 is 2.16 bits per heavy atom. The minimum absolute atomic E-state index is 0.271. The van der Waals surface area contributed by atoms with Gasteiger partial charge in [-0.25, -0.2) is 13.4 Å². The van der Waals surface area contributed by atoms with E-state index in [0.29, 0.717) is 24.4 Å². The molecule has 2 rings (SSSR count). The molecule has 1 aliphatic heterocycles. The average molecular weight is 285 g/mol. The third-order valence-electron chi connectivity index (χ3n) is 3.83. The van der Waals surface area contributed by atoms with Gasteiger partial charge >= 0.3 is 0 Å². The Balaban J connectivity index is 2.11. The zero-order chi connectivity index (χ0) is 14.0. The Hall–Kier alpha value is -0.880. The summed E-state index contributed by atoms with van der Waals surface area (Å²) in [7, 11) is -2.85. The van der Waals surface area contributed by atoms with Crippen LogP contribution >= 0.6 is 0 Å². The third-order valence-corrected chi connectivity index (χ3v) is 5.49. The molecule has 0 N–H and O–H groups in total. The van der Waals surface area contributed by atoms with Gasteiger partial charge in [0.25, 0.3) is 0 Å². The highest BCUT2D eigenvalue weighted by atomic mass is 32.2. The molecule has 0 aromatic carbocycles. The molecule has 2 heterocycles. The highest BCUT2D eigenvalue weighted by Crippen LogP contribution is 2.17. The van der Waals surface area contributed by atoms with Gasteiger partial charge in [0.15, 0.2) is 9.84 Å². The normalized spacial score (nSPS) is 24.5. The molecular formula is C13H23N3O2S. The summed E-state index contributed by atoms with van der Waals surface area (Å²) in [6.07, 6.45) is 4.45. The van der Waals surface area contributed by atoms with Crippen LogP contribution in [0.15, 0.2) is 12.5 Å². The number of rotatable bonds is 3. The molecule has 1 unspecified atom stereocenters. The van der Waals surface area contributed by atoms with Gasteiger partial charge in [0.05, 0.1) is 23.5 Å². The molecular weight excluding hydrogens is 262 g/mol. The standard InChI is InChI=1S/C13H23N3O2S/c1-11(2)16-10-14-8-13(16)9-15-5-7-19(17,18)6-4-12(15)3/h8,10-12H,4-7,9H2,1-3H3. The van der Waals surface area contributed by atoms with Crippen LogP contribution in [0.2, 0.25) is 0 Å². The van der Waals surface area contributed by atoms with E-state index in [1.165, 1.54) is 0 Å². The van der Waals surface area contributed by atoms with Crippen LogP contribution in [-0.4, -0.2) is 47.0 Å². The largest absolute Gasteiger partial charge is 0.331 e. The van der Waals surface area contributed by atoms with Crippen LogP contribution in [-0.2, 0) is 16.4 Å². The molecule has 0 radical (unpaired) electrons. The van der Waals surface area contributed by atoms with Crippen LogP contribution in [0.3, 0.4) is 0 Å². The molecule has 108 valence electrons. The number of sulfone groups is 1. The van der Waals surface area contributed by atoms with Crippen LogP contribution < -0.4 is 0 Å². The Kier molecular flexibility index (Phi) is 4.30. The maximum Gasteiger partial charge on any atom is 0.151 e. The fourth-order valence-corrected chi connectivity index (χ4v) is 3.89. The number of hydrogen-bond acceptors (Lipinski definition) is 4. The molecule has 0 aliphatic carbocycles. The number of aromatic nitrogens is 2. The second-order valence-corrected chi connectivity index (χ2v) is 7.95. The fourth-order valence-electron chi connectivity index (χ4n) is 2.47. The number of hydrogen-bond donors (Lipinski definition) is 0. The van der Waals surface area contributed by atoms with Crippen molar-refractivity contribution >= 4 is 9.84 Å². The van der Waals surface area contributed by atoms with Crippen molar-refractivity contribution < 1.29 is 8.42 Å². The van der Waals surface area contributed by atoms with Gasteiger partial charge in [-0.3, -0.25) is 4.90 Å². The lowest BCUT2D eigenvalue weighted by Gasteiger charge is -2.27. The molecule has 0 saturated carbocycles. The van der Waals surface area contributed by atoms with E-state index in [9.17, 15) is 8.42 Å². The second-order valence-electron chi connectivity index (χ2n) is 5.65. The fraction of sp³-hybridized carbons (Fsp3) is 0.769. The quantitative estimate of drug-likeness (QED) is 0.844. The van der Waals surface area contributed by atoms with E-state index in [-0.39, 0.29) is 5.75 Å². The van der Waals surface area contributed by atoms with E-state index >= 15 is 0 Å². The Morgan fingerprint density at radius 1 is 1.42 bits per heavy atom. The van der Waals surface area contributed by atoms with E-state index in [1.54, 1.807) is 0 Å². The van der Waals surface area contributed by atoms with Crippen LogP contribution in [0, 0.1) is 0 Å². The first-order valence-electron chi connectivity index (χ1n) is 6.84. The summed E-state index contributed by atoms with van der Waals surface area (Å²) in [6, 6.07) is 0.677. The summed E-state index contributed by atoms with van der Waals surface area (Å²) in [5.74, 6) is 0.585. The first-order chi connectivity index (χ1) is 8.89. The first kappa shape index (κ1) is 14.5. The third kappa shape index (κ3) is 3.57. The van der Waals surface area contributed by atoms with Crippen LogP contribution in [0.5, 0.6) is 0 Å². The summed E-state index contributed by atoms with van der Waals surface area (Å²) in [6.45, 7) is 7.75. The molecule has 19 heavy (non-hydrogen) atoms. The first-order valence-corrected chi connectivity index (χ1v) is 8.66. The molecule has 1 aliphatic rings. The van der Waals surface area contributed by atoms with Crippen LogP contribution in [0.1, 0.15) is 38.9 Å². The smallest absolute Gasteiger partial charge is 0.151 e. The Labute approximate surface area is 115 Å². The van der Waals surface area contributed by atoms with Gasteiger partial charge in [0.2, 0.25) is 0 Å². The molecule has 1 aromatic heterocycles. The van der Waals surface area contributed by atoms with Crippen molar-refractivity contribution in [2.75, 3.05) is 18.1 Å². The van der Waals surface area contributed by atoms with Crippen molar-refractivity contribution in [3.8, 4) is 0 Å². The molecule has 6 heteroatoms. The van der Waals surface area contributed by atoms with Crippen molar-refractivity contribution in [1.29, 1.82) is 0 Å². The molecule has 1 aromatic rings. The molecule has 1 fully saturated rings. The van der Waals surface area contributed by atoms with Crippen molar-refractivity contribution in [3.63, 3.8) is 0 Å². The predicted octanol–water partition coefficient (Wildman–Crippen LogP) is 1.47. The second kappa shape index (κ2) is 5.63. The van der Waals surface area contributed by atoms with Crippen molar-refractivity contribution in [3.05, 3.63) is 18.2 Å².